The number of nitrogens with one attached hydrogen (secondary N) is 1. The van der Waals surface area contributed by atoms with Crippen molar-refractivity contribution in [1.29, 1.82) is 0 Å². The number of hydrogen-bond acceptors (Lipinski definition) is 6. The van der Waals surface area contributed by atoms with Crippen LogP contribution in [-0.4, -0.2) is 50.7 Å². The molecule has 1 N–H and O–H groups in total. The van der Waals surface area contributed by atoms with Gasteiger partial charge in [0.25, 0.3) is 0 Å². The van der Waals surface area contributed by atoms with Gasteiger partial charge in [-0.05, 0) is 49.3 Å². The van der Waals surface area contributed by atoms with Gasteiger partial charge in [-0.3, -0.25) is 0 Å². The van der Waals surface area contributed by atoms with E-state index in [0.717, 1.165) is 44.7 Å². The third-order valence-electron chi connectivity index (χ3n) is 5.84. The number of hydrogen-bond donors (Lipinski definition) is 1. The van der Waals surface area contributed by atoms with E-state index < -0.39 is 10.0 Å². The molecule has 2 fully saturated rings. The molecular weight excluding hydrogens is 376 g/mol. The molecule has 1 aromatic heterocycles. The van der Waals surface area contributed by atoms with Crippen molar-refractivity contribution in [2.24, 2.45) is 5.41 Å². The summed E-state index contributed by atoms with van der Waals surface area (Å²) in [5, 5.41) is 0. The molecular formula is C20H26N4O3S. The number of sulfonamides is 1. The molecule has 0 saturated carbocycles. The van der Waals surface area contributed by atoms with Gasteiger partial charge >= 0.3 is 0 Å². The van der Waals surface area contributed by atoms with Gasteiger partial charge in [-0.15, -0.1) is 0 Å². The number of ether oxygens (including phenoxy) is 1. The molecule has 150 valence electrons. The molecule has 2 aliphatic heterocycles. The summed E-state index contributed by atoms with van der Waals surface area (Å²) in [4.78, 5) is 11.2. The Morgan fingerprint density at radius 2 is 1.79 bits per heavy atom. The minimum absolute atomic E-state index is 0.0698. The van der Waals surface area contributed by atoms with Crippen molar-refractivity contribution in [2.45, 2.75) is 36.7 Å². The zero-order valence-electron chi connectivity index (χ0n) is 15.8. The van der Waals surface area contributed by atoms with Gasteiger partial charge in [0.1, 0.15) is 0 Å². The van der Waals surface area contributed by atoms with Crippen molar-refractivity contribution in [3.05, 3.63) is 48.8 Å². The maximum Gasteiger partial charge on any atom is 0.240 e. The first-order valence-corrected chi connectivity index (χ1v) is 11.2. The van der Waals surface area contributed by atoms with Gasteiger partial charge < -0.3 is 9.64 Å². The fourth-order valence-corrected chi connectivity index (χ4v) is 5.08. The molecule has 0 radical (unpaired) electrons. The third-order valence-corrected chi connectivity index (χ3v) is 7.27. The lowest BCUT2D eigenvalue weighted by molar-refractivity contribution is -0.0691. The van der Waals surface area contributed by atoms with Gasteiger partial charge in [-0.25, -0.2) is 23.1 Å². The molecule has 2 aliphatic rings. The molecule has 0 amide bonds. The van der Waals surface area contributed by atoms with Crippen molar-refractivity contribution in [1.82, 2.24) is 14.7 Å². The van der Waals surface area contributed by atoms with Crippen LogP contribution in [0.25, 0.3) is 0 Å². The van der Waals surface area contributed by atoms with Gasteiger partial charge in [0.15, 0.2) is 0 Å². The Balaban J connectivity index is 1.26. The van der Waals surface area contributed by atoms with Crippen LogP contribution in [0.5, 0.6) is 0 Å². The minimum Gasteiger partial charge on any atom is -0.376 e. The molecule has 1 aromatic carbocycles. The van der Waals surface area contributed by atoms with Crippen LogP contribution in [0.3, 0.4) is 0 Å². The Kier molecular flexibility index (Phi) is 5.61. The van der Waals surface area contributed by atoms with E-state index in [1.165, 1.54) is 0 Å². The van der Waals surface area contributed by atoms with Crippen LogP contribution in [0.15, 0.2) is 53.7 Å². The number of aromatic nitrogens is 2. The molecule has 2 aromatic rings. The van der Waals surface area contributed by atoms with Crippen molar-refractivity contribution >= 4 is 16.0 Å². The summed E-state index contributed by atoms with van der Waals surface area (Å²) in [6.45, 7) is 2.86. The quantitative estimate of drug-likeness (QED) is 0.826. The minimum atomic E-state index is -3.48. The van der Waals surface area contributed by atoms with Crippen LogP contribution >= 0.6 is 0 Å². The summed E-state index contributed by atoms with van der Waals surface area (Å²) in [5.41, 5.74) is 0.195. The summed E-state index contributed by atoms with van der Waals surface area (Å²) in [5.74, 6) is 0.794. The normalized spacial score (nSPS) is 22.3. The largest absolute Gasteiger partial charge is 0.376 e. The molecule has 7 nitrogen and oxygen atoms in total. The molecule has 8 heteroatoms. The van der Waals surface area contributed by atoms with Crippen molar-refractivity contribution < 1.29 is 13.2 Å². The molecule has 0 aliphatic carbocycles. The van der Waals surface area contributed by atoms with E-state index in [1.54, 1.807) is 42.7 Å². The Morgan fingerprint density at radius 1 is 1.07 bits per heavy atom. The summed E-state index contributed by atoms with van der Waals surface area (Å²) < 4.78 is 33.5. The first-order chi connectivity index (χ1) is 13.6. The van der Waals surface area contributed by atoms with Gasteiger partial charge in [0.2, 0.25) is 16.0 Å². The summed E-state index contributed by atoms with van der Waals surface area (Å²) in [7, 11) is -3.48. The summed E-state index contributed by atoms with van der Waals surface area (Å²) in [6, 6.07) is 10.3. The number of benzene rings is 1. The average Bonchev–Trinajstić information content (AvgIpc) is 2.75. The predicted molar refractivity (Wildman–Crippen MR) is 107 cm³/mol. The Hall–Kier alpha value is -2.03. The number of piperidine rings is 1. The fourth-order valence-electron chi connectivity index (χ4n) is 3.99. The lowest BCUT2D eigenvalue weighted by Gasteiger charge is -2.45. The van der Waals surface area contributed by atoms with Crippen LogP contribution in [-0.2, 0) is 14.8 Å². The van der Waals surface area contributed by atoms with Gasteiger partial charge in [0, 0.05) is 32.0 Å². The Bertz CT molecular complexity index is 859. The first-order valence-electron chi connectivity index (χ1n) is 9.75. The van der Waals surface area contributed by atoms with Crippen LogP contribution in [0.2, 0.25) is 0 Å². The molecule has 0 unspecified atom stereocenters. The highest BCUT2D eigenvalue weighted by atomic mass is 32.2. The maximum atomic E-state index is 12.4. The predicted octanol–water partition coefficient (Wildman–Crippen LogP) is 2.22. The molecule has 28 heavy (non-hydrogen) atoms. The number of anilines is 1. The van der Waals surface area contributed by atoms with E-state index >= 15 is 0 Å². The fraction of sp³-hybridized carbons (Fsp3) is 0.500. The van der Waals surface area contributed by atoms with Crippen LogP contribution in [0, 0.1) is 5.41 Å². The topological polar surface area (TPSA) is 84.4 Å². The second-order valence-electron chi connectivity index (χ2n) is 7.67. The summed E-state index contributed by atoms with van der Waals surface area (Å²) >= 11 is 0. The number of nitrogens with zero attached hydrogens (tertiary/aromatic N) is 3. The molecule has 0 bridgehead atoms. The smallest absolute Gasteiger partial charge is 0.240 e. The molecule has 3 heterocycles. The zero-order valence-corrected chi connectivity index (χ0v) is 16.6. The van der Waals surface area contributed by atoms with E-state index in [-0.39, 0.29) is 16.4 Å². The van der Waals surface area contributed by atoms with Gasteiger partial charge in [0.05, 0.1) is 17.6 Å². The van der Waals surface area contributed by atoms with E-state index in [1.807, 2.05) is 6.07 Å². The van der Waals surface area contributed by atoms with E-state index in [9.17, 15) is 8.42 Å². The maximum absolute atomic E-state index is 12.4. The van der Waals surface area contributed by atoms with Crippen molar-refractivity contribution in [2.75, 3.05) is 31.1 Å². The highest BCUT2D eigenvalue weighted by molar-refractivity contribution is 7.89. The first kappa shape index (κ1) is 19.3. The summed E-state index contributed by atoms with van der Waals surface area (Å²) in [6.07, 6.45) is 7.52. The lowest BCUT2D eigenvalue weighted by Crippen LogP contribution is -2.48. The Labute approximate surface area is 166 Å². The Morgan fingerprint density at radius 3 is 2.43 bits per heavy atom. The molecule has 4 rings (SSSR count). The highest BCUT2D eigenvalue weighted by Gasteiger charge is 2.39. The average molecular weight is 403 g/mol. The van der Waals surface area contributed by atoms with Gasteiger partial charge in [-0.1, -0.05) is 18.2 Å². The van der Waals surface area contributed by atoms with Crippen molar-refractivity contribution in [3.8, 4) is 0 Å². The second kappa shape index (κ2) is 8.14. The molecule has 1 spiro atoms. The van der Waals surface area contributed by atoms with Crippen LogP contribution < -0.4 is 9.62 Å². The van der Waals surface area contributed by atoms with E-state index in [2.05, 4.69) is 19.6 Å². The molecule has 2 saturated heterocycles. The van der Waals surface area contributed by atoms with Crippen LogP contribution in [0.1, 0.15) is 25.7 Å². The third kappa shape index (κ3) is 4.34. The van der Waals surface area contributed by atoms with Crippen LogP contribution in [0.4, 0.5) is 5.95 Å². The lowest BCUT2D eigenvalue weighted by atomic mass is 9.73. The van der Waals surface area contributed by atoms with E-state index in [0.29, 0.717) is 13.2 Å². The second-order valence-corrected chi connectivity index (χ2v) is 9.44. The van der Waals surface area contributed by atoms with Crippen molar-refractivity contribution in [3.63, 3.8) is 0 Å². The van der Waals surface area contributed by atoms with Gasteiger partial charge in [-0.2, -0.15) is 0 Å². The molecule has 1 atom stereocenters. The monoisotopic (exact) mass is 402 g/mol. The standard InChI is InChI=1S/C20H26N4O3S/c25-28(26,18-5-2-1-3-6-18)23-15-17-7-8-20(16-27-17)9-13-24(14-10-20)19-21-11-4-12-22-19/h1-6,11-12,17,23H,7-10,13-16H2/t17-/m0/s1. The highest BCUT2D eigenvalue weighted by Crippen LogP contribution is 2.40. The van der Waals surface area contributed by atoms with E-state index in [4.69, 9.17) is 4.74 Å². The number of rotatable bonds is 5. The SMILES string of the molecule is O=S(=O)(NC[C@@H]1CCC2(CCN(c3ncccn3)CC2)CO1)c1ccccc1. The zero-order chi connectivity index (χ0) is 19.5.